The average Bonchev–Trinajstić information content (AvgIpc) is 2.89. The van der Waals surface area contributed by atoms with E-state index in [2.05, 4.69) is 28.2 Å². The second-order valence-electron chi connectivity index (χ2n) is 9.02. The van der Waals surface area contributed by atoms with Crippen molar-refractivity contribution in [2.24, 2.45) is 5.92 Å². The van der Waals surface area contributed by atoms with Gasteiger partial charge in [-0.1, -0.05) is 74.0 Å². The number of amides is 1. The highest BCUT2D eigenvalue weighted by Crippen LogP contribution is 2.39. The van der Waals surface area contributed by atoms with E-state index in [0.29, 0.717) is 28.8 Å². The van der Waals surface area contributed by atoms with Gasteiger partial charge in [-0.25, -0.2) is 9.18 Å². The van der Waals surface area contributed by atoms with Crippen molar-refractivity contribution in [1.82, 2.24) is 5.32 Å². The first kappa shape index (κ1) is 25.2. The molecule has 0 heterocycles. The third-order valence-electron chi connectivity index (χ3n) is 6.54. The molecule has 3 aromatic carbocycles. The Labute approximate surface area is 215 Å². The van der Waals surface area contributed by atoms with E-state index in [0.717, 1.165) is 42.4 Å². The van der Waals surface area contributed by atoms with Crippen molar-refractivity contribution in [2.75, 3.05) is 0 Å². The second kappa shape index (κ2) is 12.2. The molecule has 0 spiro atoms. The SMILES string of the molecule is CCCC(NC(=O)OCc1ccccc1)[C@@H]1CCc2cc(OCc3ccccc3)c(Br)c(F)c2C1. The van der Waals surface area contributed by atoms with E-state index in [1.54, 1.807) is 0 Å². The Balaban J connectivity index is 1.41. The van der Waals surface area contributed by atoms with Crippen LogP contribution >= 0.6 is 15.9 Å². The highest BCUT2D eigenvalue weighted by Gasteiger charge is 2.31. The number of fused-ring (bicyclic) bond motifs is 1. The van der Waals surface area contributed by atoms with Gasteiger partial charge in [0.05, 0.1) is 4.47 Å². The van der Waals surface area contributed by atoms with Crippen LogP contribution in [-0.4, -0.2) is 12.1 Å². The standard InChI is InChI=1S/C29H31BrFNO3/c1-2-9-25(32-29(33)35-19-21-12-7-4-8-13-21)23-15-14-22-17-26(27(30)28(31)24(22)16-23)34-18-20-10-5-3-6-11-20/h3-8,10-13,17,23,25H,2,9,14-16,18-19H2,1H3,(H,32,33)/t23-,25?/m1/s1. The monoisotopic (exact) mass is 539 g/mol. The molecule has 35 heavy (non-hydrogen) atoms. The van der Waals surface area contributed by atoms with Crippen molar-refractivity contribution in [1.29, 1.82) is 0 Å². The Morgan fingerprint density at radius 1 is 1.09 bits per heavy atom. The zero-order valence-corrected chi connectivity index (χ0v) is 21.5. The Bertz CT molecular complexity index is 1120. The van der Waals surface area contributed by atoms with Crippen molar-refractivity contribution in [3.8, 4) is 5.75 Å². The predicted octanol–water partition coefficient (Wildman–Crippen LogP) is 7.37. The number of carbonyl (C=O) groups is 1. The molecule has 1 unspecified atom stereocenters. The molecular weight excluding hydrogens is 509 g/mol. The van der Waals surface area contributed by atoms with Crippen LogP contribution in [0.4, 0.5) is 9.18 Å². The van der Waals surface area contributed by atoms with Gasteiger partial charge >= 0.3 is 6.09 Å². The van der Waals surface area contributed by atoms with Crippen LogP contribution in [0.2, 0.25) is 0 Å². The largest absolute Gasteiger partial charge is 0.488 e. The van der Waals surface area contributed by atoms with E-state index >= 15 is 4.39 Å². The summed E-state index contributed by atoms with van der Waals surface area (Å²) in [4.78, 5) is 12.5. The molecule has 1 aliphatic rings. The molecule has 184 valence electrons. The molecule has 3 aromatic rings. The van der Waals surface area contributed by atoms with Gasteiger partial charge in [-0.2, -0.15) is 0 Å². The Kier molecular flexibility index (Phi) is 8.80. The zero-order chi connectivity index (χ0) is 24.6. The summed E-state index contributed by atoms with van der Waals surface area (Å²) < 4.78 is 27.2. The van der Waals surface area contributed by atoms with Crippen LogP contribution in [0.15, 0.2) is 71.2 Å². The molecule has 1 amide bonds. The fourth-order valence-corrected chi connectivity index (χ4v) is 5.14. The maximum absolute atomic E-state index is 15.4. The highest BCUT2D eigenvalue weighted by molar-refractivity contribution is 9.10. The van der Waals surface area contributed by atoms with Gasteiger partial charge in [0.2, 0.25) is 0 Å². The van der Waals surface area contributed by atoms with Gasteiger partial charge in [-0.3, -0.25) is 0 Å². The first-order chi connectivity index (χ1) is 17.0. The van der Waals surface area contributed by atoms with Gasteiger partial charge in [0.15, 0.2) is 0 Å². The molecule has 0 radical (unpaired) electrons. The maximum atomic E-state index is 15.4. The minimum absolute atomic E-state index is 0.0661. The van der Waals surface area contributed by atoms with Gasteiger partial charge < -0.3 is 14.8 Å². The molecule has 4 nitrogen and oxygen atoms in total. The number of hydrogen-bond acceptors (Lipinski definition) is 3. The van der Waals surface area contributed by atoms with Gasteiger partial charge in [0.25, 0.3) is 0 Å². The number of aryl methyl sites for hydroxylation is 1. The van der Waals surface area contributed by atoms with E-state index in [9.17, 15) is 4.79 Å². The summed E-state index contributed by atoms with van der Waals surface area (Å²) in [6.45, 7) is 2.70. The van der Waals surface area contributed by atoms with Gasteiger partial charge in [0, 0.05) is 6.04 Å². The minimum Gasteiger partial charge on any atom is -0.488 e. The summed E-state index contributed by atoms with van der Waals surface area (Å²) in [6, 6.07) is 21.3. The zero-order valence-electron chi connectivity index (χ0n) is 19.9. The van der Waals surface area contributed by atoms with Crippen LogP contribution in [0, 0.1) is 11.7 Å². The van der Waals surface area contributed by atoms with Gasteiger partial charge in [-0.15, -0.1) is 0 Å². The average molecular weight is 540 g/mol. The fourth-order valence-electron chi connectivity index (χ4n) is 4.68. The van der Waals surface area contributed by atoms with Gasteiger partial charge in [-0.05, 0) is 75.9 Å². The van der Waals surface area contributed by atoms with Crippen molar-refractivity contribution in [3.05, 3.63) is 99.3 Å². The fraction of sp³-hybridized carbons (Fsp3) is 0.345. The van der Waals surface area contributed by atoms with E-state index < -0.39 is 6.09 Å². The third kappa shape index (κ3) is 6.63. The van der Waals surface area contributed by atoms with E-state index in [1.165, 1.54) is 0 Å². The number of halogens is 2. The summed E-state index contributed by atoms with van der Waals surface area (Å²) in [6.07, 6.45) is 3.50. The molecule has 0 aromatic heterocycles. The predicted molar refractivity (Wildman–Crippen MR) is 139 cm³/mol. The van der Waals surface area contributed by atoms with Crippen LogP contribution in [0.25, 0.3) is 0 Å². The molecule has 6 heteroatoms. The van der Waals surface area contributed by atoms with E-state index in [4.69, 9.17) is 9.47 Å². The molecule has 2 atom stereocenters. The molecule has 0 saturated heterocycles. The number of alkyl carbamates (subject to hydrolysis) is 1. The lowest BCUT2D eigenvalue weighted by molar-refractivity contribution is 0.129. The number of hydrogen-bond donors (Lipinski definition) is 1. The normalized spacial score (nSPS) is 15.7. The summed E-state index contributed by atoms with van der Waals surface area (Å²) in [5.41, 5.74) is 3.66. The molecule has 0 fully saturated rings. The first-order valence-electron chi connectivity index (χ1n) is 12.2. The smallest absolute Gasteiger partial charge is 0.407 e. The van der Waals surface area contributed by atoms with E-state index in [-0.39, 0.29) is 24.4 Å². The lowest BCUT2D eigenvalue weighted by atomic mass is 9.78. The van der Waals surface area contributed by atoms with Crippen LogP contribution in [0.5, 0.6) is 5.75 Å². The molecule has 0 bridgehead atoms. The van der Waals surface area contributed by atoms with Crippen molar-refractivity contribution < 1.29 is 18.7 Å². The van der Waals surface area contributed by atoms with Crippen LogP contribution < -0.4 is 10.1 Å². The molecule has 4 rings (SSSR count). The summed E-state index contributed by atoms with van der Waals surface area (Å²) in [7, 11) is 0. The summed E-state index contributed by atoms with van der Waals surface area (Å²) >= 11 is 3.41. The molecule has 1 aliphatic carbocycles. The van der Waals surface area contributed by atoms with Crippen molar-refractivity contribution in [2.45, 2.75) is 58.3 Å². The maximum Gasteiger partial charge on any atom is 0.407 e. The summed E-state index contributed by atoms with van der Waals surface area (Å²) in [5.74, 6) is 0.401. The number of ether oxygens (including phenoxy) is 2. The van der Waals surface area contributed by atoms with Crippen LogP contribution in [-0.2, 0) is 30.8 Å². The van der Waals surface area contributed by atoms with Crippen molar-refractivity contribution >= 4 is 22.0 Å². The Hall–Kier alpha value is -2.86. The molecule has 0 aliphatic heterocycles. The third-order valence-corrected chi connectivity index (χ3v) is 7.28. The number of benzene rings is 3. The Morgan fingerprint density at radius 3 is 2.40 bits per heavy atom. The van der Waals surface area contributed by atoms with Crippen LogP contribution in [0.3, 0.4) is 0 Å². The molecular formula is C29H31BrFNO3. The minimum atomic E-state index is -0.426. The van der Waals surface area contributed by atoms with Gasteiger partial charge in [0.1, 0.15) is 24.8 Å². The highest BCUT2D eigenvalue weighted by atomic mass is 79.9. The quantitative estimate of drug-likeness (QED) is 0.308. The number of nitrogens with one attached hydrogen (secondary N) is 1. The number of rotatable bonds is 9. The lowest BCUT2D eigenvalue weighted by Crippen LogP contribution is -2.42. The first-order valence-corrected chi connectivity index (χ1v) is 13.0. The molecule has 0 saturated carbocycles. The lowest BCUT2D eigenvalue weighted by Gasteiger charge is -2.32. The van der Waals surface area contributed by atoms with E-state index in [1.807, 2.05) is 66.7 Å². The molecule has 1 N–H and O–H groups in total. The topological polar surface area (TPSA) is 47.6 Å². The number of carbonyl (C=O) groups excluding carboxylic acids is 1. The Morgan fingerprint density at radius 2 is 1.74 bits per heavy atom. The second-order valence-corrected chi connectivity index (χ2v) is 9.81. The summed E-state index contributed by atoms with van der Waals surface area (Å²) in [5, 5.41) is 3.05. The van der Waals surface area contributed by atoms with Crippen LogP contribution in [0.1, 0.15) is 48.4 Å². The van der Waals surface area contributed by atoms with Crippen molar-refractivity contribution in [3.63, 3.8) is 0 Å².